The number of phosphoric ester groups is 2. The lowest BCUT2D eigenvalue weighted by Crippen LogP contribution is -2.40. The maximum atomic E-state index is 13.2. The molecule has 3 aliphatic rings. The molecule has 49 heavy (non-hydrogen) atoms. The first-order chi connectivity index (χ1) is 23.1. The smallest absolute Gasteiger partial charge is 0.472 e. The molecule has 0 aromatic carbocycles. The lowest BCUT2D eigenvalue weighted by molar-refractivity contribution is -0.236. The molecule has 10 atom stereocenters. The van der Waals surface area contributed by atoms with Crippen molar-refractivity contribution in [1.82, 2.24) is 39.0 Å². The number of H-pyrrole nitrogens is 2. The quantitative estimate of drug-likeness (QED) is 0.0939. The highest BCUT2D eigenvalue weighted by Gasteiger charge is 2.54. The molecule has 0 aliphatic carbocycles. The minimum atomic E-state index is -5.47. The van der Waals surface area contributed by atoms with Crippen molar-refractivity contribution in [2.45, 2.75) is 49.1 Å². The lowest BCUT2D eigenvalue weighted by atomic mass is 10.1. The van der Waals surface area contributed by atoms with Crippen molar-refractivity contribution in [2.24, 2.45) is 0 Å². The Morgan fingerprint density at radius 3 is 2.02 bits per heavy atom. The molecule has 7 heterocycles. The Kier molecular flexibility index (Phi) is 8.71. The highest BCUT2D eigenvalue weighted by Crippen LogP contribution is 2.53. The largest absolute Gasteiger partial charge is 0.756 e. The average Bonchev–Trinajstić information content (AvgIpc) is 3.76. The molecule has 0 spiro atoms. The number of phosphoric acid groups is 2. The zero-order valence-electron chi connectivity index (χ0n) is 24.1. The van der Waals surface area contributed by atoms with Crippen molar-refractivity contribution in [3.8, 4) is 0 Å². The van der Waals surface area contributed by atoms with Gasteiger partial charge in [0.25, 0.3) is 18.9 Å². The van der Waals surface area contributed by atoms with Crippen LogP contribution in [0.4, 0.5) is 11.9 Å². The first-order valence-corrected chi connectivity index (χ1v) is 17.8. The van der Waals surface area contributed by atoms with Crippen LogP contribution in [0.2, 0.25) is 0 Å². The van der Waals surface area contributed by atoms with Crippen LogP contribution in [-0.2, 0) is 41.2 Å². The molecule has 3 saturated heterocycles. The minimum Gasteiger partial charge on any atom is -0.756 e. The Labute approximate surface area is 270 Å². The number of nitrogens with zero attached hydrogens (tertiary/aromatic N) is 6. The number of fused-ring (bicyclic) bond motifs is 4. The van der Waals surface area contributed by atoms with Gasteiger partial charge in [-0.15, -0.1) is 0 Å². The number of imidazole rings is 2. The molecule has 10 N–H and O–H groups in total. The van der Waals surface area contributed by atoms with Gasteiger partial charge in [0.1, 0.15) is 36.6 Å². The molecule has 0 radical (unpaired) electrons. The average molecular weight is 753 g/mol. The summed E-state index contributed by atoms with van der Waals surface area (Å²) in [6.07, 6.45) is -11.6. The number of hydrogen-bond acceptors (Lipinski definition) is 21. The fraction of sp³-hybridized carbons (Fsp3) is 0.500. The van der Waals surface area contributed by atoms with Crippen LogP contribution in [0, 0.1) is 0 Å². The number of aromatic amines is 2. The van der Waals surface area contributed by atoms with Crippen LogP contribution in [-0.4, -0.2) is 109 Å². The summed E-state index contributed by atoms with van der Waals surface area (Å²) in [7, 11) is -13.9. The van der Waals surface area contributed by atoms with Gasteiger partial charge in [-0.3, -0.25) is 42.3 Å². The molecule has 0 amide bonds. The molecule has 4 aromatic heterocycles. The van der Waals surface area contributed by atoms with Gasteiger partial charge in [0.05, 0.1) is 25.9 Å². The predicted molar refractivity (Wildman–Crippen MR) is 154 cm³/mol. The van der Waals surface area contributed by atoms with Gasteiger partial charge in [0.15, 0.2) is 34.8 Å². The third kappa shape index (κ3) is 6.42. The summed E-state index contributed by atoms with van der Waals surface area (Å²) in [6, 6.07) is 0. The number of anilines is 2. The number of nitrogens with one attached hydrogen (secondary N) is 2. The maximum absolute atomic E-state index is 13.2. The third-order valence-corrected chi connectivity index (χ3v) is 9.95. The number of nitrogens with two attached hydrogens (primary N) is 2. The summed E-state index contributed by atoms with van der Waals surface area (Å²) < 4.78 is 65.9. The van der Waals surface area contributed by atoms with Gasteiger partial charge in [-0.05, 0) is 0 Å². The summed E-state index contributed by atoms with van der Waals surface area (Å²) in [5.41, 5.74) is 9.01. The number of aromatic nitrogens is 8. The van der Waals surface area contributed by atoms with Crippen molar-refractivity contribution in [3.05, 3.63) is 33.4 Å². The summed E-state index contributed by atoms with van der Waals surface area (Å²) in [4.78, 5) is 88.2. The van der Waals surface area contributed by atoms with Crippen LogP contribution in [0.1, 0.15) is 12.5 Å². The van der Waals surface area contributed by atoms with E-state index >= 15 is 0 Å². The van der Waals surface area contributed by atoms with Crippen molar-refractivity contribution in [3.63, 3.8) is 0 Å². The van der Waals surface area contributed by atoms with Crippen LogP contribution in [0.15, 0.2) is 22.2 Å². The summed E-state index contributed by atoms with van der Waals surface area (Å²) in [5.74, 6) is -0.645. The van der Waals surface area contributed by atoms with Crippen LogP contribution in [0.3, 0.4) is 0 Å². The second kappa shape index (κ2) is 12.5. The molecule has 4 aromatic rings. The van der Waals surface area contributed by atoms with E-state index < -0.39 is 97.7 Å². The van der Waals surface area contributed by atoms with Crippen molar-refractivity contribution in [1.29, 1.82) is 0 Å². The highest BCUT2D eigenvalue weighted by atomic mass is 31.2. The van der Waals surface area contributed by atoms with E-state index in [0.29, 0.717) is 0 Å². The Bertz CT molecular complexity index is 2120. The second-order valence-corrected chi connectivity index (χ2v) is 14.1. The SMILES string of the molecule is Nc1nc2c(ncn2[C@@H]2O[C@@H]3COP(=O)([O-])O[C@H]4[C@@H](OP(O)O)[C@H](n5cnc6c(=O)[nH]c(N)nc65)O[C@@H]4COP(=O)(O)O[C@H]3[C@H]2O)c(=O)[nH]1. The van der Waals surface area contributed by atoms with E-state index in [0.717, 1.165) is 21.8 Å². The summed E-state index contributed by atoms with van der Waals surface area (Å²) in [5, 5.41) is 11.2. The number of nitrogen functional groups attached to an aromatic ring is 2. The van der Waals surface area contributed by atoms with E-state index in [1.54, 1.807) is 0 Å². The monoisotopic (exact) mass is 753 g/mol. The lowest BCUT2D eigenvalue weighted by Gasteiger charge is -2.33. The minimum absolute atomic E-state index is 0.156. The maximum Gasteiger partial charge on any atom is 0.472 e. The first-order valence-electron chi connectivity index (χ1n) is 13.7. The topological polar surface area (TPSA) is 382 Å². The van der Waals surface area contributed by atoms with Crippen molar-refractivity contribution >= 4 is 58.5 Å². The third-order valence-electron chi connectivity index (χ3n) is 7.57. The fourth-order valence-corrected chi connectivity index (χ4v) is 7.93. The van der Waals surface area contributed by atoms with E-state index in [2.05, 4.69) is 29.9 Å². The van der Waals surface area contributed by atoms with Crippen molar-refractivity contribution < 1.29 is 65.9 Å². The number of aliphatic hydroxyl groups is 1. The van der Waals surface area contributed by atoms with Gasteiger partial charge in [-0.1, -0.05) is 0 Å². The predicted octanol–water partition coefficient (Wildman–Crippen LogP) is -3.44. The van der Waals surface area contributed by atoms with Crippen LogP contribution < -0.4 is 27.5 Å². The number of rotatable bonds is 4. The first kappa shape index (κ1) is 34.2. The van der Waals surface area contributed by atoms with Gasteiger partial charge in [-0.25, -0.2) is 14.5 Å². The highest BCUT2D eigenvalue weighted by molar-refractivity contribution is 7.47. The molecule has 3 aliphatic heterocycles. The molecular formula is C20H24N10O16P3-. The Morgan fingerprint density at radius 2 is 1.43 bits per heavy atom. The molecule has 2 unspecified atom stereocenters. The van der Waals surface area contributed by atoms with E-state index in [-0.39, 0.29) is 34.2 Å². The van der Waals surface area contributed by atoms with E-state index in [1.165, 1.54) is 0 Å². The second-order valence-electron chi connectivity index (χ2n) is 10.6. The fourth-order valence-electron chi connectivity index (χ4n) is 5.58. The summed E-state index contributed by atoms with van der Waals surface area (Å²) >= 11 is 0. The summed E-state index contributed by atoms with van der Waals surface area (Å²) in [6.45, 7) is -1.96. The Hall–Kier alpha value is -3.29. The van der Waals surface area contributed by atoms with E-state index in [9.17, 15) is 43.4 Å². The van der Waals surface area contributed by atoms with Gasteiger partial charge in [-0.2, -0.15) is 9.97 Å². The zero-order chi connectivity index (χ0) is 35.0. The van der Waals surface area contributed by atoms with Crippen LogP contribution >= 0.6 is 24.2 Å². The molecule has 29 heteroatoms. The molecule has 0 bridgehead atoms. The van der Waals surface area contributed by atoms with Gasteiger partial charge < -0.3 is 59.2 Å². The molecule has 7 rings (SSSR count). The number of ether oxygens (including phenoxy) is 2. The van der Waals surface area contributed by atoms with Crippen molar-refractivity contribution in [2.75, 3.05) is 24.7 Å². The zero-order valence-corrected chi connectivity index (χ0v) is 26.7. The van der Waals surface area contributed by atoms with Gasteiger partial charge in [0.2, 0.25) is 11.9 Å². The molecule has 0 saturated carbocycles. The van der Waals surface area contributed by atoms with Crippen LogP contribution in [0.25, 0.3) is 22.3 Å². The molecular weight excluding hydrogens is 729 g/mol. The van der Waals surface area contributed by atoms with E-state index in [1.807, 2.05) is 0 Å². The van der Waals surface area contributed by atoms with Crippen LogP contribution in [0.5, 0.6) is 0 Å². The molecule has 26 nitrogen and oxygen atoms in total. The number of aliphatic hydroxyl groups excluding tert-OH is 1. The molecule has 3 fully saturated rings. The van der Waals surface area contributed by atoms with Gasteiger partial charge in [0, 0.05) is 0 Å². The normalized spacial score (nSPS) is 35.7. The van der Waals surface area contributed by atoms with E-state index in [4.69, 9.17) is 43.6 Å². The number of hydrogen-bond donors (Lipinski definition) is 8. The van der Waals surface area contributed by atoms with Gasteiger partial charge >= 0.3 is 16.4 Å². The molecule has 266 valence electrons. The Balaban J connectivity index is 1.21. The standard InChI is InChI=1S/C20H25N10O16P3/c21-19-25-13-7(15(32)27-19)23-3-29(13)17-9(31)10-5(42-17)1-40-49(38,39)46-11-6(2-41-48(36,37)45-10)43-18(12(11)44-47(34)35)30-4-24-8-14(30)26-20(22)28-16(8)33/h3-6,9-12,17-18,31,34-35H,1-2H2,(H,36,37)(H,38,39)(H3,21,25,27,32)(H3,22,26,28,33)/p-1/t5-,6-,9-,10-,11-,12-,17-,18-/m1/s1. The Morgan fingerprint density at radius 1 is 0.898 bits per heavy atom.